The third kappa shape index (κ3) is 2.60. The van der Waals surface area contributed by atoms with Crippen molar-refractivity contribution in [2.45, 2.75) is 13.5 Å². The average molecular weight is 324 g/mol. The third-order valence-electron chi connectivity index (χ3n) is 3.55. The summed E-state index contributed by atoms with van der Waals surface area (Å²) in [5.41, 5.74) is 7.03. The van der Waals surface area contributed by atoms with Gasteiger partial charge in [-0.15, -0.1) is 11.3 Å². The van der Waals surface area contributed by atoms with Crippen LogP contribution in [0.4, 0.5) is 0 Å². The van der Waals surface area contributed by atoms with Gasteiger partial charge in [0.25, 0.3) is 11.5 Å². The van der Waals surface area contributed by atoms with Crippen LogP contribution in [0.3, 0.4) is 0 Å². The Kier molecular flexibility index (Phi) is 3.68. The summed E-state index contributed by atoms with van der Waals surface area (Å²) in [6.07, 6.45) is 1.45. The maximum Gasteiger partial charge on any atom is 0.262 e. The van der Waals surface area contributed by atoms with E-state index >= 15 is 0 Å². The number of primary amides is 1. The first-order valence-electron chi connectivity index (χ1n) is 6.78. The van der Waals surface area contributed by atoms with Crippen molar-refractivity contribution in [3.8, 4) is 6.07 Å². The number of fused-ring (bicyclic) bond motifs is 1. The lowest BCUT2D eigenvalue weighted by atomic mass is 10.1. The van der Waals surface area contributed by atoms with Crippen LogP contribution in [0, 0.1) is 18.3 Å². The number of aryl methyl sites for hydroxylation is 1. The zero-order valence-corrected chi connectivity index (χ0v) is 13.1. The van der Waals surface area contributed by atoms with Gasteiger partial charge in [0.1, 0.15) is 4.83 Å². The van der Waals surface area contributed by atoms with Crippen molar-refractivity contribution in [3.05, 3.63) is 62.5 Å². The zero-order chi connectivity index (χ0) is 16.6. The van der Waals surface area contributed by atoms with E-state index < -0.39 is 5.91 Å². The minimum atomic E-state index is -0.557. The molecule has 2 heterocycles. The molecule has 3 rings (SSSR count). The van der Waals surface area contributed by atoms with Crippen molar-refractivity contribution in [3.63, 3.8) is 0 Å². The van der Waals surface area contributed by atoms with Crippen molar-refractivity contribution < 1.29 is 4.79 Å². The monoisotopic (exact) mass is 324 g/mol. The average Bonchev–Trinajstić information content (AvgIpc) is 2.88. The van der Waals surface area contributed by atoms with Crippen LogP contribution >= 0.6 is 11.3 Å². The predicted octanol–water partition coefficient (Wildman–Crippen LogP) is 1.79. The molecule has 0 saturated heterocycles. The van der Waals surface area contributed by atoms with E-state index in [2.05, 4.69) is 11.1 Å². The molecule has 7 heteroatoms. The van der Waals surface area contributed by atoms with Gasteiger partial charge in [0.15, 0.2) is 0 Å². The summed E-state index contributed by atoms with van der Waals surface area (Å²) in [4.78, 5) is 29.2. The largest absolute Gasteiger partial charge is 0.365 e. The van der Waals surface area contributed by atoms with Gasteiger partial charge in [0.2, 0.25) is 0 Å². The fourth-order valence-electron chi connectivity index (χ4n) is 2.44. The van der Waals surface area contributed by atoms with Gasteiger partial charge in [-0.1, -0.05) is 12.1 Å². The molecule has 23 heavy (non-hydrogen) atoms. The molecule has 2 N–H and O–H groups in total. The summed E-state index contributed by atoms with van der Waals surface area (Å²) in [6.45, 7) is 2.00. The second-order valence-corrected chi connectivity index (χ2v) is 6.09. The summed E-state index contributed by atoms with van der Waals surface area (Å²) in [7, 11) is 0. The van der Waals surface area contributed by atoms with Gasteiger partial charge in [-0.25, -0.2) is 4.98 Å². The molecule has 0 unspecified atom stereocenters. The molecule has 0 spiro atoms. The highest BCUT2D eigenvalue weighted by atomic mass is 32.1. The van der Waals surface area contributed by atoms with E-state index in [1.165, 1.54) is 10.9 Å². The topological polar surface area (TPSA) is 102 Å². The molecule has 0 aliphatic carbocycles. The first-order valence-corrected chi connectivity index (χ1v) is 7.60. The lowest BCUT2D eigenvalue weighted by Gasteiger charge is -2.06. The quantitative estimate of drug-likeness (QED) is 0.793. The first-order chi connectivity index (χ1) is 11.0. The lowest BCUT2D eigenvalue weighted by Crippen LogP contribution is -2.21. The van der Waals surface area contributed by atoms with Crippen LogP contribution in [0.2, 0.25) is 0 Å². The Balaban J connectivity index is 2.11. The van der Waals surface area contributed by atoms with Gasteiger partial charge in [-0.3, -0.25) is 14.2 Å². The van der Waals surface area contributed by atoms with Gasteiger partial charge in [-0.2, -0.15) is 5.26 Å². The first kappa shape index (κ1) is 14.9. The summed E-state index contributed by atoms with van der Waals surface area (Å²) in [6, 6.07) is 9.11. The molecular formula is C16H12N4O2S. The number of benzene rings is 1. The number of nitrogens with zero attached hydrogens (tertiary/aromatic N) is 3. The van der Waals surface area contributed by atoms with Crippen LogP contribution in [-0.2, 0) is 6.54 Å². The normalized spacial score (nSPS) is 10.6. The van der Waals surface area contributed by atoms with Gasteiger partial charge < -0.3 is 5.73 Å². The zero-order valence-electron chi connectivity index (χ0n) is 12.2. The molecule has 1 amide bonds. The van der Waals surface area contributed by atoms with Crippen LogP contribution in [0.15, 0.2) is 35.4 Å². The highest BCUT2D eigenvalue weighted by Crippen LogP contribution is 2.26. The smallest absolute Gasteiger partial charge is 0.262 e. The molecule has 0 fully saturated rings. The molecule has 0 saturated carbocycles. The predicted molar refractivity (Wildman–Crippen MR) is 87.4 cm³/mol. The molecule has 6 nitrogen and oxygen atoms in total. The minimum absolute atomic E-state index is 0.224. The van der Waals surface area contributed by atoms with E-state index in [-0.39, 0.29) is 5.56 Å². The van der Waals surface area contributed by atoms with Crippen LogP contribution in [0.25, 0.3) is 10.2 Å². The van der Waals surface area contributed by atoms with Gasteiger partial charge in [-0.05, 0) is 30.2 Å². The van der Waals surface area contributed by atoms with E-state index in [0.717, 1.165) is 16.9 Å². The molecule has 114 valence electrons. The minimum Gasteiger partial charge on any atom is -0.365 e. The molecule has 0 atom stereocenters. The summed E-state index contributed by atoms with van der Waals surface area (Å²) in [5, 5.41) is 9.36. The number of nitrogens with two attached hydrogens (primary N) is 1. The Hall–Kier alpha value is -2.98. The SMILES string of the molecule is Cc1c(C(N)=O)sc2ncn(Cc3cccc(C#N)c3)c(=O)c12. The summed E-state index contributed by atoms with van der Waals surface area (Å²) >= 11 is 1.13. The van der Waals surface area contributed by atoms with Crippen LogP contribution in [0.5, 0.6) is 0 Å². The molecule has 2 aromatic heterocycles. The van der Waals surface area contributed by atoms with Gasteiger partial charge in [0.05, 0.1) is 34.8 Å². The second kappa shape index (κ2) is 5.66. The van der Waals surface area contributed by atoms with Crippen molar-refractivity contribution in [2.24, 2.45) is 5.73 Å². The Morgan fingerprint density at radius 2 is 2.26 bits per heavy atom. The van der Waals surface area contributed by atoms with E-state index in [9.17, 15) is 9.59 Å². The van der Waals surface area contributed by atoms with Crippen molar-refractivity contribution in [1.82, 2.24) is 9.55 Å². The van der Waals surface area contributed by atoms with Crippen LogP contribution in [0.1, 0.15) is 26.4 Å². The number of amides is 1. The van der Waals surface area contributed by atoms with Crippen molar-refractivity contribution in [1.29, 1.82) is 5.26 Å². The number of carbonyl (C=O) groups is 1. The second-order valence-electron chi connectivity index (χ2n) is 5.09. The number of nitriles is 1. The molecular weight excluding hydrogens is 312 g/mol. The third-order valence-corrected chi connectivity index (χ3v) is 4.76. The maximum absolute atomic E-state index is 12.7. The number of hydrogen-bond acceptors (Lipinski definition) is 5. The summed E-state index contributed by atoms with van der Waals surface area (Å²) < 4.78 is 1.46. The van der Waals surface area contributed by atoms with E-state index in [4.69, 9.17) is 11.0 Å². The number of rotatable bonds is 3. The Morgan fingerprint density at radius 1 is 1.48 bits per heavy atom. The van der Waals surface area contributed by atoms with Crippen LogP contribution < -0.4 is 11.3 Å². The molecule has 1 aromatic carbocycles. The molecule has 0 aliphatic rings. The number of thiophene rings is 1. The fourth-order valence-corrected chi connectivity index (χ4v) is 3.43. The van der Waals surface area contributed by atoms with Gasteiger partial charge in [0, 0.05) is 0 Å². The Labute approximate surface area is 135 Å². The van der Waals surface area contributed by atoms with E-state index in [1.54, 1.807) is 25.1 Å². The highest BCUT2D eigenvalue weighted by molar-refractivity contribution is 7.20. The molecule has 0 bridgehead atoms. The molecule has 3 aromatic rings. The van der Waals surface area contributed by atoms with E-state index in [0.29, 0.717) is 32.8 Å². The molecule has 0 aliphatic heterocycles. The van der Waals surface area contributed by atoms with Crippen molar-refractivity contribution in [2.75, 3.05) is 0 Å². The van der Waals surface area contributed by atoms with Crippen molar-refractivity contribution >= 4 is 27.5 Å². The standard InChI is InChI=1S/C16H12N4O2S/c1-9-12-15(23-13(9)14(18)21)19-8-20(16(12)22)7-11-4-2-3-10(5-11)6-17/h2-5,8H,7H2,1H3,(H2,18,21). The Bertz CT molecular complexity index is 1030. The number of carbonyl (C=O) groups excluding carboxylic acids is 1. The van der Waals surface area contributed by atoms with E-state index in [1.807, 2.05) is 6.07 Å². The number of aromatic nitrogens is 2. The fraction of sp³-hybridized carbons (Fsp3) is 0.125. The highest BCUT2D eigenvalue weighted by Gasteiger charge is 2.17. The number of hydrogen-bond donors (Lipinski definition) is 1. The van der Waals surface area contributed by atoms with Crippen LogP contribution in [-0.4, -0.2) is 15.5 Å². The Morgan fingerprint density at radius 3 is 2.96 bits per heavy atom. The lowest BCUT2D eigenvalue weighted by molar-refractivity contribution is 0.100. The maximum atomic E-state index is 12.7. The molecule has 0 radical (unpaired) electrons. The summed E-state index contributed by atoms with van der Waals surface area (Å²) in [5.74, 6) is -0.557. The van der Waals surface area contributed by atoms with Gasteiger partial charge >= 0.3 is 0 Å².